The molecule has 0 bridgehead atoms. The Hall–Kier alpha value is 0.200. The maximum Gasteiger partial charge on any atom is 0.131 e. The third-order valence-corrected chi connectivity index (χ3v) is 1.54. The van der Waals surface area contributed by atoms with Crippen LogP contribution in [0.15, 0.2) is 0 Å². The Bertz CT molecular complexity index is 76.4. The maximum atomic E-state index is 5.17. The molecule has 0 saturated carbocycles. The van der Waals surface area contributed by atoms with Crippen LogP contribution in [0.1, 0.15) is 0 Å². The van der Waals surface area contributed by atoms with E-state index < -0.39 is 0 Å². The Labute approximate surface area is 58.8 Å². The highest BCUT2D eigenvalue weighted by Gasteiger charge is 1.87. The van der Waals surface area contributed by atoms with Gasteiger partial charge in [0.2, 0.25) is 0 Å². The molecule has 0 aromatic heterocycles. The molecule has 0 unspecified atom stereocenters. The van der Waals surface area contributed by atoms with E-state index in [1.165, 1.54) is 11.8 Å². The van der Waals surface area contributed by atoms with Crippen LogP contribution in [0.4, 0.5) is 0 Å². The van der Waals surface area contributed by atoms with Crippen molar-refractivity contribution in [3.63, 3.8) is 0 Å². The van der Waals surface area contributed by atoms with Crippen LogP contribution < -0.4 is 5.73 Å². The van der Waals surface area contributed by atoms with Crippen molar-refractivity contribution in [1.29, 1.82) is 0 Å². The van der Waals surface area contributed by atoms with E-state index in [0.717, 1.165) is 5.75 Å². The van der Waals surface area contributed by atoms with Gasteiger partial charge in [0.15, 0.2) is 0 Å². The lowest BCUT2D eigenvalue weighted by Crippen LogP contribution is -2.04. The van der Waals surface area contributed by atoms with E-state index in [0.29, 0.717) is 10.9 Å². The van der Waals surface area contributed by atoms with Crippen LogP contribution in [0, 0.1) is 0 Å². The zero-order valence-electron chi connectivity index (χ0n) is 4.72. The summed E-state index contributed by atoms with van der Waals surface area (Å²) in [5.74, 6) is 0.853. The zero-order valence-corrected chi connectivity index (χ0v) is 6.35. The summed E-state index contributed by atoms with van der Waals surface area (Å²) in [6.45, 7) is 0.710. The van der Waals surface area contributed by atoms with E-state index in [4.69, 9.17) is 10.5 Å². The molecule has 0 heterocycles. The Morgan fingerprint density at radius 3 is 2.88 bits per heavy atom. The molecule has 0 aliphatic heterocycles. The number of hydrogen-bond acceptors (Lipinski definition) is 3. The summed E-state index contributed by atoms with van der Waals surface area (Å²) in [7, 11) is 1.65. The first-order chi connectivity index (χ1) is 3.77. The standard InChI is InChI=1S/C4H9NOS2/c1-6-2-3-8-4(5)7/h2-3H2,1H3,(H2,5,7). The number of thiocarbonyl (C=S) groups is 1. The smallest absolute Gasteiger partial charge is 0.131 e. The summed E-state index contributed by atoms with van der Waals surface area (Å²) in [6, 6.07) is 0. The molecule has 0 saturated heterocycles. The topological polar surface area (TPSA) is 35.2 Å². The molecule has 0 rings (SSSR count). The highest BCUT2D eigenvalue weighted by Crippen LogP contribution is 1.97. The van der Waals surface area contributed by atoms with Crippen LogP contribution in [0.3, 0.4) is 0 Å². The minimum Gasteiger partial charge on any atom is -0.385 e. The molecular formula is C4H9NOS2. The fourth-order valence-electron chi connectivity index (χ4n) is 0.226. The van der Waals surface area contributed by atoms with Crippen molar-refractivity contribution in [2.45, 2.75) is 0 Å². The number of methoxy groups -OCH3 is 1. The van der Waals surface area contributed by atoms with Gasteiger partial charge in [-0.1, -0.05) is 24.0 Å². The molecule has 48 valence electrons. The zero-order chi connectivity index (χ0) is 6.41. The molecule has 0 radical (unpaired) electrons. The quantitative estimate of drug-likeness (QED) is 0.473. The monoisotopic (exact) mass is 151 g/mol. The first-order valence-electron chi connectivity index (χ1n) is 2.18. The molecule has 0 aliphatic carbocycles. The fraction of sp³-hybridized carbons (Fsp3) is 0.750. The number of nitrogens with two attached hydrogens (primary N) is 1. The third-order valence-electron chi connectivity index (χ3n) is 0.532. The maximum absolute atomic E-state index is 5.17. The first kappa shape index (κ1) is 8.20. The van der Waals surface area contributed by atoms with Gasteiger partial charge >= 0.3 is 0 Å². The van der Waals surface area contributed by atoms with Gasteiger partial charge in [-0.3, -0.25) is 0 Å². The second kappa shape index (κ2) is 5.34. The lowest BCUT2D eigenvalue weighted by Gasteiger charge is -1.94. The van der Waals surface area contributed by atoms with Gasteiger partial charge in [-0.15, -0.1) is 0 Å². The van der Waals surface area contributed by atoms with Crippen LogP contribution >= 0.6 is 24.0 Å². The summed E-state index contributed by atoms with van der Waals surface area (Å²) in [4.78, 5) is 0. The molecular weight excluding hydrogens is 142 g/mol. The molecule has 0 aromatic rings. The Balaban J connectivity index is 2.82. The minimum absolute atomic E-state index is 0.488. The first-order valence-corrected chi connectivity index (χ1v) is 3.58. The highest BCUT2D eigenvalue weighted by atomic mass is 32.2. The van der Waals surface area contributed by atoms with Crippen molar-refractivity contribution in [2.75, 3.05) is 19.5 Å². The average Bonchev–Trinajstić information content (AvgIpc) is 1.66. The summed E-state index contributed by atoms with van der Waals surface area (Å²) in [5.41, 5.74) is 5.17. The second-order valence-electron chi connectivity index (χ2n) is 1.16. The van der Waals surface area contributed by atoms with E-state index in [-0.39, 0.29) is 0 Å². The van der Waals surface area contributed by atoms with Gasteiger partial charge in [0.1, 0.15) is 4.32 Å². The van der Waals surface area contributed by atoms with Gasteiger partial charge in [0, 0.05) is 12.9 Å². The molecule has 0 aromatic carbocycles. The van der Waals surface area contributed by atoms with Crippen molar-refractivity contribution >= 4 is 28.3 Å². The molecule has 0 fully saturated rings. The predicted molar refractivity (Wildman–Crippen MR) is 41.1 cm³/mol. The Morgan fingerprint density at radius 1 is 1.88 bits per heavy atom. The number of ether oxygens (including phenoxy) is 1. The van der Waals surface area contributed by atoms with Crippen LogP contribution in [-0.4, -0.2) is 23.8 Å². The van der Waals surface area contributed by atoms with Crippen molar-refractivity contribution < 1.29 is 4.74 Å². The molecule has 0 spiro atoms. The van der Waals surface area contributed by atoms with Crippen LogP contribution in [-0.2, 0) is 4.74 Å². The van der Waals surface area contributed by atoms with Crippen molar-refractivity contribution in [2.24, 2.45) is 5.73 Å². The molecule has 8 heavy (non-hydrogen) atoms. The number of hydrogen-bond donors (Lipinski definition) is 1. The van der Waals surface area contributed by atoms with Gasteiger partial charge in [-0.2, -0.15) is 0 Å². The highest BCUT2D eigenvalue weighted by molar-refractivity contribution is 8.22. The Morgan fingerprint density at radius 2 is 2.50 bits per heavy atom. The molecule has 0 amide bonds. The van der Waals surface area contributed by atoms with E-state index in [9.17, 15) is 0 Å². The summed E-state index contributed by atoms with van der Waals surface area (Å²) in [6.07, 6.45) is 0. The number of rotatable bonds is 3. The van der Waals surface area contributed by atoms with Gasteiger partial charge < -0.3 is 10.5 Å². The van der Waals surface area contributed by atoms with Gasteiger partial charge in [0.05, 0.1) is 6.61 Å². The third kappa shape index (κ3) is 6.20. The van der Waals surface area contributed by atoms with Gasteiger partial charge in [0.25, 0.3) is 0 Å². The SMILES string of the molecule is COCCSC(N)=S. The lowest BCUT2D eigenvalue weighted by atomic mass is 10.9. The average molecular weight is 151 g/mol. The normalized spacial score (nSPS) is 9.12. The fourth-order valence-corrected chi connectivity index (χ4v) is 0.927. The van der Waals surface area contributed by atoms with Gasteiger partial charge in [-0.05, 0) is 0 Å². The molecule has 0 atom stereocenters. The van der Waals surface area contributed by atoms with Crippen molar-refractivity contribution in [1.82, 2.24) is 0 Å². The lowest BCUT2D eigenvalue weighted by molar-refractivity contribution is 0.219. The molecule has 2 nitrogen and oxygen atoms in total. The largest absolute Gasteiger partial charge is 0.385 e. The van der Waals surface area contributed by atoms with Crippen LogP contribution in [0.5, 0.6) is 0 Å². The predicted octanol–water partition coefficient (Wildman–Crippen LogP) is 0.610. The second-order valence-corrected chi connectivity index (χ2v) is 3.00. The van der Waals surface area contributed by atoms with Crippen LogP contribution in [0.25, 0.3) is 0 Å². The molecule has 2 N–H and O–H groups in total. The molecule has 0 aliphatic rings. The molecule has 4 heteroatoms. The van der Waals surface area contributed by atoms with Crippen molar-refractivity contribution in [3.8, 4) is 0 Å². The summed E-state index contributed by atoms with van der Waals surface area (Å²) < 4.78 is 5.24. The number of thioether (sulfide) groups is 1. The van der Waals surface area contributed by atoms with E-state index in [2.05, 4.69) is 12.2 Å². The van der Waals surface area contributed by atoms with E-state index >= 15 is 0 Å². The summed E-state index contributed by atoms with van der Waals surface area (Å²) in [5, 5.41) is 0. The van der Waals surface area contributed by atoms with Gasteiger partial charge in [-0.25, -0.2) is 0 Å². The van der Waals surface area contributed by atoms with E-state index in [1.54, 1.807) is 7.11 Å². The minimum atomic E-state index is 0.488. The summed E-state index contributed by atoms with van der Waals surface area (Å²) >= 11 is 6.03. The van der Waals surface area contributed by atoms with Crippen molar-refractivity contribution in [3.05, 3.63) is 0 Å². The van der Waals surface area contributed by atoms with E-state index in [1.807, 2.05) is 0 Å². The Kier molecular flexibility index (Phi) is 5.47. The van der Waals surface area contributed by atoms with Crippen LogP contribution in [0.2, 0.25) is 0 Å².